The second-order valence-corrected chi connectivity index (χ2v) is 5.90. The minimum absolute atomic E-state index is 0.0338. The molecule has 0 bridgehead atoms. The fourth-order valence-corrected chi connectivity index (χ4v) is 2.49. The van der Waals surface area contributed by atoms with E-state index in [4.69, 9.17) is 4.74 Å². The minimum Gasteiger partial charge on any atom is -0.496 e. The standard InChI is InChI=1S/C20H25FN4O2/c1-14-8-9-15(18(12-14)27-3)13-25-20(22-2)24-11-10-23-19(26)16-6-4-5-7-17(16)21/h4-9,12H,10-11,13H2,1-3H3,(H,23,26)(H2,22,24,25). The maximum Gasteiger partial charge on any atom is 0.254 e. The number of hydrogen-bond acceptors (Lipinski definition) is 3. The molecule has 6 nitrogen and oxygen atoms in total. The molecule has 0 spiro atoms. The lowest BCUT2D eigenvalue weighted by Crippen LogP contribution is -2.41. The number of aryl methyl sites for hydroxylation is 1. The molecule has 0 heterocycles. The van der Waals surface area contributed by atoms with Gasteiger partial charge in [-0.1, -0.05) is 24.3 Å². The van der Waals surface area contributed by atoms with Crippen molar-refractivity contribution in [1.29, 1.82) is 0 Å². The molecule has 0 aromatic heterocycles. The van der Waals surface area contributed by atoms with Gasteiger partial charge in [-0.3, -0.25) is 9.79 Å². The van der Waals surface area contributed by atoms with Crippen LogP contribution < -0.4 is 20.7 Å². The first-order valence-corrected chi connectivity index (χ1v) is 8.66. The third kappa shape index (κ3) is 5.99. The van der Waals surface area contributed by atoms with Crippen molar-refractivity contribution in [3.8, 4) is 5.75 Å². The Hall–Kier alpha value is -3.09. The van der Waals surface area contributed by atoms with Crippen LogP contribution in [-0.4, -0.2) is 39.1 Å². The first kappa shape index (κ1) is 20.2. The quantitative estimate of drug-likeness (QED) is 0.396. The van der Waals surface area contributed by atoms with Gasteiger partial charge in [0.1, 0.15) is 11.6 Å². The molecule has 0 aliphatic carbocycles. The summed E-state index contributed by atoms with van der Waals surface area (Å²) in [6.07, 6.45) is 0. The van der Waals surface area contributed by atoms with Crippen LogP contribution in [0.4, 0.5) is 4.39 Å². The van der Waals surface area contributed by atoms with Crippen LogP contribution in [0.25, 0.3) is 0 Å². The zero-order valence-corrected chi connectivity index (χ0v) is 15.8. The van der Waals surface area contributed by atoms with Crippen molar-refractivity contribution in [3.63, 3.8) is 0 Å². The summed E-state index contributed by atoms with van der Waals surface area (Å²) < 4.78 is 19.0. The van der Waals surface area contributed by atoms with Crippen LogP contribution in [0.2, 0.25) is 0 Å². The molecule has 2 aromatic carbocycles. The zero-order chi connectivity index (χ0) is 19.6. The van der Waals surface area contributed by atoms with E-state index in [1.807, 2.05) is 25.1 Å². The number of aliphatic imine (C=N–C) groups is 1. The maximum atomic E-state index is 13.6. The molecule has 0 saturated heterocycles. The molecule has 0 fully saturated rings. The van der Waals surface area contributed by atoms with Crippen molar-refractivity contribution in [2.24, 2.45) is 4.99 Å². The van der Waals surface area contributed by atoms with E-state index in [1.165, 1.54) is 12.1 Å². The molecular weight excluding hydrogens is 347 g/mol. The molecule has 27 heavy (non-hydrogen) atoms. The SMILES string of the molecule is CN=C(NCCNC(=O)c1ccccc1F)NCc1ccc(C)cc1OC. The molecule has 0 aliphatic heterocycles. The van der Waals surface area contributed by atoms with Crippen molar-refractivity contribution < 1.29 is 13.9 Å². The van der Waals surface area contributed by atoms with Gasteiger partial charge >= 0.3 is 0 Å². The highest BCUT2D eigenvalue weighted by Gasteiger charge is 2.10. The van der Waals surface area contributed by atoms with Gasteiger partial charge in [-0.25, -0.2) is 4.39 Å². The smallest absolute Gasteiger partial charge is 0.254 e. The topological polar surface area (TPSA) is 74.8 Å². The Morgan fingerprint density at radius 3 is 2.56 bits per heavy atom. The maximum absolute atomic E-state index is 13.6. The fraction of sp³-hybridized carbons (Fsp3) is 0.300. The second kappa shape index (κ2) is 10.2. The summed E-state index contributed by atoms with van der Waals surface area (Å²) in [6, 6.07) is 11.9. The fourth-order valence-electron chi connectivity index (χ4n) is 2.49. The lowest BCUT2D eigenvalue weighted by molar-refractivity contribution is 0.0950. The van der Waals surface area contributed by atoms with E-state index in [0.717, 1.165) is 16.9 Å². The summed E-state index contributed by atoms with van der Waals surface area (Å²) in [4.78, 5) is 16.1. The summed E-state index contributed by atoms with van der Waals surface area (Å²) >= 11 is 0. The van der Waals surface area contributed by atoms with Gasteiger partial charge in [-0.2, -0.15) is 0 Å². The van der Waals surface area contributed by atoms with Gasteiger partial charge in [-0.15, -0.1) is 0 Å². The van der Waals surface area contributed by atoms with Crippen molar-refractivity contribution in [2.75, 3.05) is 27.2 Å². The van der Waals surface area contributed by atoms with E-state index in [1.54, 1.807) is 26.3 Å². The molecule has 2 aromatic rings. The van der Waals surface area contributed by atoms with E-state index < -0.39 is 11.7 Å². The highest BCUT2D eigenvalue weighted by Crippen LogP contribution is 2.19. The van der Waals surface area contributed by atoms with Gasteiger partial charge in [-0.05, 0) is 30.7 Å². The Balaban J connectivity index is 1.78. The number of benzene rings is 2. The average Bonchev–Trinajstić information content (AvgIpc) is 2.68. The van der Waals surface area contributed by atoms with Gasteiger partial charge in [0.15, 0.2) is 5.96 Å². The van der Waals surface area contributed by atoms with Gasteiger partial charge in [0.05, 0.1) is 12.7 Å². The number of halogens is 1. The van der Waals surface area contributed by atoms with E-state index in [-0.39, 0.29) is 5.56 Å². The minimum atomic E-state index is -0.535. The molecule has 1 amide bonds. The number of amides is 1. The Kier molecular flexibility index (Phi) is 7.61. The van der Waals surface area contributed by atoms with Crippen LogP contribution in [0.15, 0.2) is 47.5 Å². The Labute approximate surface area is 158 Å². The van der Waals surface area contributed by atoms with Gasteiger partial charge in [0.25, 0.3) is 5.91 Å². The molecule has 144 valence electrons. The number of methoxy groups -OCH3 is 1. The second-order valence-electron chi connectivity index (χ2n) is 5.90. The summed E-state index contributed by atoms with van der Waals surface area (Å²) in [5.74, 6) is 0.433. The Morgan fingerprint density at radius 1 is 1.11 bits per heavy atom. The van der Waals surface area contributed by atoms with Crippen molar-refractivity contribution >= 4 is 11.9 Å². The highest BCUT2D eigenvalue weighted by atomic mass is 19.1. The van der Waals surface area contributed by atoms with Gasteiger partial charge < -0.3 is 20.7 Å². The third-order valence-corrected chi connectivity index (χ3v) is 3.93. The molecule has 3 N–H and O–H groups in total. The summed E-state index contributed by atoms with van der Waals surface area (Å²) in [7, 11) is 3.31. The van der Waals surface area contributed by atoms with Crippen LogP contribution in [-0.2, 0) is 6.54 Å². The van der Waals surface area contributed by atoms with Crippen LogP contribution in [0.5, 0.6) is 5.75 Å². The number of ether oxygens (including phenoxy) is 1. The molecule has 2 rings (SSSR count). The van der Waals surface area contributed by atoms with Crippen LogP contribution >= 0.6 is 0 Å². The van der Waals surface area contributed by atoms with E-state index in [9.17, 15) is 9.18 Å². The normalized spacial score (nSPS) is 11.0. The predicted molar refractivity (Wildman–Crippen MR) is 105 cm³/mol. The predicted octanol–water partition coefficient (Wildman–Crippen LogP) is 2.24. The summed E-state index contributed by atoms with van der Waals surface area (Å²) in [5.41, 5.74) is 2.18. The average molecular weight is 372 g/mol. The third-order valence-electron chi connectivity index (χ3n) is 3.93. The number of nitrogens with zero attached hydrogens (tertiary/aromatic N) is 1. The van der Waals surface area contributed by atoms with Crippen LogP contribution in [0.3, 0.4) is 0 Å². The van der Waals surface area contributed by atoms with E-state index >= 15 is 0 Å². The molecular formula is C20H25FN4O2. The number of nitrogens with one attached hydrogen (secondary N) is 3. The number of carbonyl (C=O) groups is 1. The highest BCUT2D eigenvalue weighted by molar-refractivity contribution is 5.94. The molecule has 0 atom stereocenters. The number of carbonyl (C=O) groups excluding carboxylic acids is 1. The van der Waals surface area contributed by atoms with Crippen LogP contribution in [0.1, 0.15) is 21.5 Å². The molecule has 0 saturated carbocycles. The molecule has 0 aliphatic rings. The Morgan fingerprint density at radius 2 is 1.85 bits per heavy atom. The molecule has 0 unspecified atom stereocenters. The van der Waals surface area contributed by atoms with Crippen molar-refractivity contribution in [2.45, 2.75) is 13.5 Å². The number of hydrogen-bond donors (Lipinski definition) is 3. The number of guanidine groups is 1. The van der Waals surface area contributed by atoms with Crippen LogP contribution in [0, 0.1) is 12.7 Å². The monoisotopic (exact) mass is 372 g/mol. The van der Waals surface area contributed by atoms with E-state index in [2.05, 4.69) is 20.9 Å². The molecule has 7 heteroatoms. The molecule has 0 radical (unpaired) electrons. The first-order valence-electron chi connectivity index (χ1n) is 8.66. The zero-order valence-electron chi connectivity index (χ0n) is 15.8. The summed E-state index contributed by atoms with van der Waals surface area (Å²) in [5, 5.41) is 8.97. The largest absolute Gasteiger partial charge is 0.496 e. The van der Waals surface area contributed by atoms with Crippen molar-refractivity contribution in [1.82, 2.24) is 16.0 Å². The van der Waals surface area contributed by atoms with Gasteiger partial charge in [0.2, 0.25) is 0 Å². The summed E-state index contributed by atoms with van der Waals surface area (Å²) in [6.45, 7) is 3.34. The Bertz CT molecular complexity index is 808. The first-order chi connectivity index (χ1) is 13.0. The van der Waals surface area contributed by atoms with E-state index in [0.29, 0.717) is 25.6 Å². The van der Waals surface area contributed by atoms with Gasteiger partial charge in [0, 0.05) is 32.2 Å². The lowest BCUT2D eigenvalue weighted by atomic mass is 10.1. The number of rotatable bonds is 7. The van der Waals surface area contributed by atoms with Crippen molar-refractivity contribution in [3.05, 3.63) is 65.0 Å². The lowest BCUT2D eigenvalue weighted by Gasteiger charge is -2.14.